The van der Waals surface area contributed by atoms with Gasteiger partial charge in [-0.2, -0.15) is 0 Å². The van der Waals surface area contributed by atoms with Crippen molar-refractivity contribution in [3.63, 3.8) is 0 Å². The molecule has 3 aromatic rings. The minimum Gasteiger partial charge on any atom is -0.497 e. The largest absolute Gasteiger partial charge is 0.497 e. The molecule has 0 saturated carbocycles. The van der Waals surface area contributed by atoms with Crippen LogP contribution < -0.4 is 4.74 Å². The lowest BCUT2D eigenvalue weighted by Crippen LogP contribution is -2.07. The van der Waals surface area contributed by atoms with Gasteiger partial charge in [-0.15, -0.1) is 0 Å². The average molecular weight is 307 g/mol. The molecular formula is C20H21NO2. The molecule has 1 N–H and O–H groups in total. The molecule has 1 unspecified atom stereocenters. The van der Waals surface area contributed by atoms with E-state index in [4.69, 9.17) is 4.74 Å². The van der Waals surface area contributed by atoms with Crippen molar-refractivity contribution in [2.75, 3.05) is 7.11 Å². The Balaban J connectivity index is 2.11. The Labute approximate surface area is 136 Å². The van der Waals surface area contributed by atoms with Crippen molar-refractivity contribution >= 4 is 16.7 Å². The molecule has 0 radical (unpaired) electrons. The standard InChI is InChI=1S/C20H21NO2/c1-3-15(22)11-17(14-7-5-4-6-8-14)19-13-21-20-10-9-16(23-2)12-18(19)20/h4-10,12-13,17,21H,3,11H2,1-2H3. The van der Waals surface area contributed by atoms with Crippen LogP contribution in [0.5, 0.6) is 5.75 Å². The van der Waals surface area contributed by atoms with Crippen LogP contribution in [0, 0.1) is 0 Å². The number of hydrogen-bond acceptors (Lipinski definition) is 2. The van der Waals surface area contributed by atoms with Crippen LogP contribution in [0.1, 0.15) is 36.8 Å². The van der Waals surface area contributed by atoms with Gasteiger partial charge in [-0.05, 0) is 29.3 Å². The van der Waals surface area contributed by atoms with E-state index < -0.39 is 0 Å². The Kier molecular flexibility index (Phi) is 4.47. The van der Waals surface area contributed by atoms with Gasteiger partial charge in [0.05, 0.1) is 7.11 Å². The smallest absolute Gasteiger partial charge is 0.133 e. The van der Waals surface area contributed by atoms with Crippen molar-refractivity contribution in [3.05, 3.63) is 65.9 Å². The highest BCUT2D eigenvalue weighted by Gasteiger charge is 2.20. The monoisotopic (exact) mass is 307 g/mol. The number of fused-ring (bicyclic) bond motifs is 1. The summed E-state index contributed by atoms with van der Waals surface area (Å²) in [5, 5.41) is 1.11. The van der Waals surface area contributed by atoms with Gasteiger partial charge in [0.15, 0.2) is 0 Å². The first kappa shape index (κ1) is 15.3. The first-order chi connectivity index (χ1) is 11.2. The van der Waals surface area contributed by atoms with Gasteiger partial charge < -0.3 is 9.72 Å². The number of hydrogen-bond donors (Lipinski definition) is 1. The number of aromatic amines is 1. The Morgan fingerprint density at radius 2 is 1.96 bits per heavy atom. The zero-order valence-electron chi connectivity index (χ0n) is 13.5. The molecule has 1 atom stereocenters. The zero-order chi connectivity index (χ0) is 16.2. The number of nitrogens with one attached hydrogen (secondary N) is 1. The topological polar surface area (TPSA) is 42.1 Å². The molecule has 0 amide bonds. The molecular weight excluding hydrogens is 286 g/mol. The van der Waals surface area contributed by atoms with E-state index in [9.17, 15) is 4.79 Å². The fourth-order valence-electron chi connectivity index (χ4n) is 3.00. The molecule has 3 heteroatoms. The summed E-state index contributed by atoms with van der Waals surface area (Å²) in [6.07, 6.45) is 3.10. The fraction of sp³-hybridized carbons (Fsp3) is 0.250. The van der Waals surface area contributed by atoms with Crippen LogP contribution in [0.25, 0.3) is 10.9 Å². The molecule has 1 heterocycles. The Bertz CT molecular complexity index is 805. The van der Waals surface area contributed by atoms with E-state index in [-0.39, 0.29) is 11.7 Å². The molecule has 2 aromatic carbocycles. The Morgan fingerprint density at radius 1 is 1.17 bits per heavy atom. The van der Waals surface area contributed by atoms with Crippen LogP contribution >= 0.6 is 0 Å². The Hall–Kier alpha value is -2.55. The second kappa shape index (κ2) is 6.69. The minimum atomic E-state index is 0.0597. The lowest BCUT2D eigenvalue weighted by molar-refractivity contribution is -0.118. The molecule has 0 spiro atoms. The van der Waals surface area contributed by atoms with Crippen LogP contribution in [0.3, 0.4) is 0 Å². The van der Waals surface area contributed by atoms with Crippen LogP contribution in [0.15, 0.2) is 54.7 Å². The predicted octanol–water partition coefficient (Wildman–Crippen LogP) is 4.68. The van der Waals surface area contributed by atoms with E-state index in [1.807, 2.05) is 49.5 Å². The maximum Gasteiger partial charge on any atom is 0.133 e. The number of Topliss-reactive ketones (excluding diaryl/α,β-unsaturated/α-hetero) is 1. The predicted molar refractivity (Wildman–Crippen MR) is 93.1 cm³/mol. The SMILES string of the molecule is CCC(=O)CC(c1ccccc1)c1c[nH]c2ccc(OC)cc12. The molecule has 118 valence electrons. The highest BCUT2D eigenvalue weighted by molar-refractivity contribution is 5.87. The first-order valence-corrected chi connectivity index (χ1v) is 7.94. The van der Waals surface area contributed by atoms with Gasteiger partial charge in [0, 0.05) is 35.9 Å². The number of H-pyrrole nitrogens is 1. The summed E-state index contributed by atoms with van der Waals surface area (Å²) in [5.74, 6) is 1.16. The van der Waals surface area contributed by atoms with Gasteiger partial charge in [0.2, 0.25) is 0 Å². The van der Waals surface area contributed by atoms with Crippen molar-refractivity contribution in [2.24, 2.45) is 0 Å². The maximum absolute atomic E-state index is 12.1. The number of rotatable bonds is 6. The third-order valence-electron chi connectivity index (χ3n) is 4.32. The lowest BCUT2D eigenvalue weighted by atomic mass is 9.86. The number of benzene rings is 2. The van der Waals surface area contributed by atoms with Gasteiger partial charge in [0.1, 0.15) is 11.5 Å². The van der Waals surface area contributed by atoms with Crippen LogP contribution in [-0.2, 0) is 4.79 Å². The summed E-state index contributed by atoms with van der Waals surface area (Å²) in [4.78, 5) is 15.4. The first-order valence-electron chi connectivity index (χ1n) is 7.94. The molecule has 3 nitrogen and oxygen atoms in total. The molecule has 1 aromatic heterocycles. The summed E-state index contributed by atoms with van der Waals surface area (Å²) in [6.45, 7) is 1.92. The summed E-state index contributed by atoms with van der Waals surface area (Å²) in [7, 11) is 1.67. The van der Waals surface area contributed by atoms with Crippen molar-refractivity contribution in [1.29, 1.82) is 0 Å². The van der Waals surface area contributed by atoms with Crippen LogP contribution in [0.4, 0.5) is 0 Å². The van der Waals surface area contributed by atoms with Gasteiger partial charge in [-0.3, -0.25) is 4.79 Å². The van der Waals surface area contributed by atoms with Gasteiger partial charge >= 0.3 is 0 Å². The Morgan fingerprint density at radius 3 is 2.65 bits per heavy atom. The second-order valence-electron chi connectivity index (χ2n) is 5.72. The molecule has 0 aliphatic carbocycles. The summed E-state index contributed by atoms with van der Waals surface area (Å²) in [6, 6.07) is 16.2. The number of methoxy groups -OCH3 is 1. The van der Waals surface area contributed by atoms with E-state index in [1.54, 1.807) is 7.11 Å². The third kappa shape index (κ3) is 3.14. The average Bonchev–Trinajstić information content (AvgIpc) is 3.02. The number of ketones is 1. The van der Waals surface area contributed by atoms with Gasteiger partial charge in [0.25, 0.3) is 0 Å². The lowest BCUT2D eigenvalue weighted by Gasteiger charge is -2.16. The van der Waals surface area contributed by atoms with Crippen molar-refractivity contribution in [3.8, 4) is 5.75 Å². The maximum atomic E-state index is 12.1. The fourth-order valence-corrected chi connectivity index (χ4v) is 3.00. The van der Waals surface area contributed by atoms with Crippen LogP contribution in [0.2, 0.25) is 0 Å². The highest BCUT2D eigenvalue weighted by atomic mass is 16.5. The van der Waals surface area contributed by atoms with Gasteiger partial charge in [-0.1, -0.05) is 37.3 Å². The third-order valence-corrected chi connectivity index (χ3v) is 4.32. The van der Waals surface area contributed by atoms with E-state index in [0.29, 0.717) is 12.8 Å². The molecule has 0 bridgehead atoms. The number of aromatic nitrogens is 1. The van der Waals surface area contributed by atoms with E-state index in [0.717, 1.165) is 27.8 Å². The van der Waals surface area contributed by atoms with Crippen LogP contribution in [-0.4, -0.2) is 17.9 Å². The minimum absolute atomic E-state index is 0.0597. The molecule has 3 rings (SSSR count). The molecule has 0 aliphatic rings. The highest BCUT2D eigenvalue weighted by Crippen LogP contribution is 2.35. The van der Waals surface area contributed by atoms with Crippen molar-refractivity contribution < 1.29 is 9.53 Å². The van der Waals surface area contributed by atoms with Crippen molar-refractivity contribution in [2.45, 2.75) is 25.7 Å². The summed E-state index contributed by atoms with van der Waals surface area (Å²) in [5.41, 5.74) is 3.37. The summed E-state index contributed by atoms with van der Waals surface area (Å²) < 4.78 is 5.35. The normalized spacial score (nSPS) is 12.3. The van der Waals surface area contributed by atoms with E-state index in [1.165, 1.54) is 0 Å². The summed E-state index contributed by atoms with van der Waals surface area (Å²) >= 11 is 0. The quantitative estimate of drug-likeness (QED) is 0.718. The molecule has 0 aliphatic heterocycles. The van der Waals surface area contributed by atoms with E-state index >= 15 is 0 Å². The number of carbonyl (C=O) groups excluding carboxylic acids is 1. The van der Waals surface area contributed by atoms with Gasteiger partial charge in [-0.25, -0.2) is 0 Å². The van der Waals surface area contributed by atoms with E-state index in [2.05, 4.69) is 17.1 Å². The second-order valence-corrected chi connectivity index (χ2v) is 5.72. The zero-order valence-corrected chi connectivity index (χ0v) is 13.5. The molecule has 0 saturated heterocycles. The van der Waals surface area contributed by atoms with Crippen molar-refractivity contribution in [1.82, 2.24) is 4.98 Å². The molecule has 23 heavy (non-hydrogen) atoms. The molecule has 0 fully saturated rings. The number of carbonyl (C=O) groups is 1. The number of ether oxygens (including phenoxy) is 1.